The van der Waals surface area contributed by atoms with Gasteiger partial charge in [-0.2, -0.15) is 10.1 Å². The minimum atomic E-state index is -0.0682. The Morgan fingerprint density at radius 2 is 2.00 bits per heavy atom. The zero-order valence-corrected chi connectivity index (χ0v) is 15.5. The van der Waals surface area contributed by atoms with Crippen LogP contribution in [0.15, 0.2) is 34.9 Å². The van der Waals surface area contributed by atoms with E-state index in [0.29, 0.717) is 30.5 Å². The van der Waals surface area contributed by atoms with Crippen LogP contribution in [0.3, 0.4) is 0 Å². The molecule has 0 spiro atoms. The van der Waals surface area contributed by atoms with Gasteiger partial charge >= 0.3 is 0 Å². The summed E-state index contributed by atoms with van der Waals surface area (Å²) in [6.07, 6.45) is 0. The first-order chi connectivity index (χ1) is 13.0. The Bertz CT molecular complexity index is 935. The average molecular weight is 367 g/mol. The predicted octanol–water partition coefficient (Wildman–Crippen LogP) is 2.24. The number of rotatable bonds is 5. The number of carbonyl (C=O) groups excluding carboxylic acids is 1. The second-order valence-electron chi connectivity index (χ2n) is 6.85. The summed E-state index contributed by atoms with van der Waals surface area (Å²) in [5.74, 6) is 1.80. The summed E-state index contributed by atoms with van der Waals surface area (Å²) in [4.78, 5) is 18.6. The fraction of sp³-hybridized carbons (Fsp3) is 0.368. The molecule has 0 radical (unpaired) electrons. The van der Waals surface area contributed by atoms with E-state index in [1.165, 1.54) is 5.56 Å². The van der Waals surface area contributed by atoms with Gasteiger partial charge in [-0.3, -0.25) is 9.48 Å². The molecule has 1 aromatic carbocycles. The molecule has 0 N–H and O–H groups in total. The molecule has 27 heavy (non-hydrogen) atoms. The van der Waals surface area contributed by atoms with Crippen molar-refractivity contribution in [2.75, 3.05) is 13.1 Å². The van der Waals surface area contributed by atoms with Crippen molar-refractivity contribution >= 4 is 5.91 Å². The van der Waals surface area contributed by atoms with Gasteiger partial charge in [0.25, 0.3) is 11.8 Å². The van der Waals surface area contributed by atoms with Crippen LogP contribution < -0.4 is 4.74 Å². The van der Waals surface area contributed by atoms with E-state index in [1.807, 2.05) is 45.2 Å². The van der Waals surface area contributed by atoms with E-state index in [2.05, 4.69) is 15.2 Å². The number of hydrogen-bond donors (Lipinski definition) is 0. The number of nitrogens with zero attached hydrogens (tertiary/aromatic N) is 5. The summed E-state index contributed by atoms with van der Waals surface area (Å²) in [6.45, 7) is 5.29. The molecule has 2 aromatic heterocycles. The lowest BCUT2D eigenvalue weighted by atomic mass is 9.99. The van der Waals surface area contributed by atoms with E-state index >= 15 is 0 Å². The van der Waals surface area contributed by atoms with Crippen LogP contribution in [0.2, 0.25) is 0 Å². The first-order valence-corrected chi connectivity index (χ1v) is 8.81. The molecule has 8 nitrogen and oxygen atoms in total. The molecule has 0 atom stereocenters. The zero-order chi connectivity index (χ0) is 19.0. The molecule has 0 saturated carbocycles. The molecule has 0 unspecified atom stereocenters. The Morgan fingerprint density at radius 1 is 1.26 bits per heavy atom. The summed E-state index contributed by atoms with van der Waals surface area (Å²) in [5.41, 5.74) is 2.59. The number of aryl methyl sites for hydroxylation is 3. The quantitative estimate of drug-likeness (QED) is 0.687. The second kappa shape index (κ2) is 6.86. The molecule has 1 aliphatic heterocycles. The van der Waals surface area contributed by atoms with Crippen LogP contribution in [0.4, 0.5) is 0 Å². The highest BCUT2D eigenvalue weighted by molar-refractivity contribution is 5.93. The molecule has 4 rings (SSSR count). The van der Waals surface area contributed by atoms with Crippen LogP contribution in [-0.2, 0) is 13.7 Å². The van der Waals surface area contributed by atoms with E-state index < -0.39 is 0 Å². The standard InChI is InChI=1S/C19H21N5O3/c1-12-4-6-15(7-5-12)26-11-17-20-18(22-27-17)14-9-24(10-14)19(25)16-8-13(2)23(3)21-16/h4-8,14H,9-11H2,1-3H3. The van der Waals surface area contributed by atoms with E-state index in [4.69, 9.17) is 9.26 Å². The topological polar surface area (TPSA) is 86.3 Å². The first-order valence-electron chi connectivity index (χ1n) is 8.81. The highest BCUT2D eigenvalue weighted by Gasteiger charge is 2.36. The summed E-state index contributed by atoms with van der Waals surface area (Å²) >= 11 is 0. The van der Waals surface area contributed by atoms with Gasteiger partial charge in [0.15, 0.2) is 18.1 Å². The van der Waals surface area contributed by atoms with Crippen molar-refractivity contribution in [3.8, 4) is 5.75 Å². The van der Waals surface area contributed by atoms with Gasteiger partial charge in [-0.15, -0.1) is 0 Å². The van der Waals surface area contributed by atoms with Crippen LogP contribution >= 0.6 is 0 Å². The van der Waals surface area contributed by atoms with Gasteiger partial charge < -0.3 is 14.2 Å². The molecule has 3 aromatic rings. The van der Waals surface area contributed by atoms with Crippen molar-refractivity contribution in [2.24, 2.45) is 7.05 Å². The first kappa shape index (κ1) is 17.3. The molecule has 8 heteroatoms. The lowest BCUT2D eigenvalue weighted by Crippen LogP contribution is -2.49. The molecule has 140 valence electrons. The Kier molecular flexibility index (Phi) is 4.39. The number of aromatic nitrogens is 4. The molecule has 1 saturated heterocycles. The van der Waals surface area contributed by atoms with Gasteiger partial charge in [0.05, 0.1) is 5.92 Å². The van der Waals surface area contributed by atoms with Crippen LogP contribution in [0.1, 0.15) is 39.4 Å². The van der Waals surface area contributed by atoms with E-state index in [0.717, 1.165) is 11.4 Å². The number of likely N-dealkylation sites (tertiary alicyclic amines) is 1. The molecular formula is C19H21N5O3. The molecular weight excluding hydrogens is 346 g/mol. The number of carbonyl (C=O) groups is 1. The Balaban J connectivity index is 1.31. The van der Waals surface area contributed by atoms with Gasteiger partial charge in [-0.05, 0) is 32.0 Å². The Morgan fingerprint density at radius 3 is 2.67 bits per heavy atom. The van der Waals surface area contributed by atoms with Crippen molar-refractivity contribution < 1.29 is 14.1 Å². The number of amides is 1. The Labute approximate surface area is 156 Å². The highest BCUT2D eigenvalue weighted by Crippen LogP contribution is 2.26. The Hall–Kier alpha value is -3.16. The maximum atomic E-state index is 12.4. The molecule has 1 aliphatic rings. The fourth-order valence-electron chi connectivity index (χ4n) is 2.91. The number of benzene rings is 1. The zero-order valence-electron chi connectivity index (χ0n) is 15.5. The monoisotopic (exact) mass is 367 g/mol. The highest BCUT2D eigenvalue weighted by atomic mass is 16.5. The minimum absolute atomic E-state index is 0.0682. The van der Waals surface area contributed by atoms with Crippen molar-refractivity contribution in [3.05, 3.63) is 59.0 Å². The van der Waals surface area contributed by atoms with Crippen molar-refractivity contribution in [2.45, 2.75) is 26.4 Å². The van der Waals surface area contributed by atoms with E-state index in [-0.39, 0.29) is 18.4 Å². The van der Waals surface area contributed by atoms with Crippen LogP contribution in [0, 0.1) is 13.8 Å². The largest absolute Gasteiger partial charge is 0.484 e. The van der Waals surface area contributed by atoms with Crippen LogP contribution in [0.25, 0.3) is 0 Å². The van der Waals surface area contributed by atoms with Gasteiger partial charge in [0.2, 0.25) is 0 Å². The molecule has 0 bridgehead atoms. The minimum Gasteiger partial charge on any atom is -0.484 e. The smallest absolute Gasteiger partial charge is 0.274 e. The molecule has 3 heterocycles. The summed E-state index contributed by atoms with van der Waals surface area (Å²) in [7, 11) is 1.82. The van der Waals surface area contributed by atoms with Gasteiger partial charge in [0.1, 0.15) is 5.75 Å². The van der Waals surface area contributed by atoms with Gasteiger partial charge in [-0.1, -0.05) is 22.9 Å². The SMILES string of the molecule is Cc1ccc(OCc2nc(C3CN(C(=O)c4cc(C)n(C)n4)C3)no2)cc1. The van der Waals surface area contributed by atoms with Crippen molar-refractivity contribution in [3.63, 3.8) is 0 Å². The van der Waals surface area contributed by atoms with Gasteiger partial charge in [0, 0.05) is 25.8 Å². The normalized spacial score (nSPS) is 14.3. The van der Waals surface area contributed by atoms with E-state index in [1.54, 1.807) is 15.6 Å². The van der Waals surface area contributed by atoms with E-state index in [9.17, 15) is 4.79 Å². The van der Waals surface area contributed by atoms with Crippen LogP contribution in [0.5, 0.6) is 5.75 Å². The third-order valence-electron chi connectivity index (χ3n) is 4.73. The second-order valence-corrected chi connectivity index (χ2v) is 6.85. The number of ether oxygens (including phenoxy) is 1. The number of hydrogen-bond acceptors (Lipinski definition) is 6. The fourth-order valence-corrected chi connectivity index (χ4v) is 2.91. The lowest BCUT2D eigenvalue weighted by Gasteiger charge is -2.36. The van der Waals surface area contributed by atoms with Crippen LogP contribution in [-0.4, -0.2) is 43.8 Å². The van der Waals surface area contributed by atoms with Crippen molar-refractivity contribution in [1.82, 2.24) is 24.8 Å². The summed E-state index contributed by atoms with van der Waals surface area (Å²) in [5, 5.41) is 8.26. The molecule has 1 fully saturated rings. The average Bonchev–Trinajstić information content (AvgIpc) is 3.20. The summed E-state index contributed by atoms with van der Waals surface area (Å²) in [6, 6.07) is 9.57. The predicted molar refractivity (Wildman–Crippen MR) is 96.4 cm³/mol. The molecule has 0 aliphatic carbocycles. The lowest BCUT2D eigenvalue weighted by molar-refractivity contribution is 0.0585. The third-order valence-corrected chi connectivity index (χ3v) is 4.73. The molecule has 1 amide bonds. The summed E-state index contributed by atoms with van der Waals surface area (Å²) < 4.78 is 12.6. The third kappa shape index (κ3) is 3.55. The van der Waals surface area contributed by atoms with Crippen molar-refractivity contribution in [1.29, 1.82) is 0 Å². The van der Waals surface area contributed by atoms with Gasteiger partial charge in [-0.25, -0.2) is 0 Å². The maximum Gasteiger partial charge on any atom is 0.274 e. The maximum absolute atomic E-state index is 12.4.